The highest BCUT2D eigenvalue weighted by Gasteiger charge is 2.09. The van der Waals surface area contributed by atoms with Crippen LogP contribution in [0.2, 0.25) is 0 Å². The van der Waals surface area contributed by atoms with Crippen molar-refractivity contribution in [3.63, 3.8) is 0 Å². The summed E-state index contributed by atoms with van der Waals surface area (Å²) in [6, 6.07) is 18.0. The number of rotatable bonds is 4. The number of phenols is 3. The molecule has 5 heteroatoms. The van der Waals surface area contributed by atoms with Crippen LogP contribution in [0.1, 0.15) is 15.9 Å². The van der Waals surface area contributed by atoms with Gasteiger partial charge in [-0.3, -0.25) is 4.79 Å². The summed E-state index contributed by atoms with van der Waals surface area (Å²) in [6.07, 6.45) is 3.02. The van der Waals surface area contributed by atoms with Gasteiger partial charge in [-0.05, 0) is 66.2 Å². The molecule has 138 valence electrons. The Morgan fingerprint density at radius 3 is 2.32 bits per heavy atom. The minimum Gasteiger partial charge on any atom is -0.508 e. The second kappa shape index (κ2) is 6.96. The maximum Gasteiger partial charge on any atom is 0.189 e. The summed E-state index contributed by atoms with van der Waals surface area (Å²) in [5.41, 5.74) is 2.48. The molecule has 4 rings (SSSR count). The maximum atomic E-state index is 12.3. The lowest BCUT2D eigenvalue weighted by molar-refractivity contribution is 0.104. The Balaban J connectivity index is 1.60. The average molecular weight is 372 g/mol. The number of aromatic hydroxyl groups is 3. The molecule has 28 heavy (non-hydrogen) atoms. The van der Waals surface area contributed by atoms with Crippen molar-refractivity contribution in [1.82, 2.24) is 0 Å². The highest BCUT2D eigenvalue weighted by molar-refractivity contribution is 6.08. The number of carbonyl (C=O) groups is 1. The van der Waals surface area contributed by atoms with Crippen LogP contribution in [-0.4, -0.2) is 21.1 Å². The van der Waals surface area contributed by atoms with Crippen molar-refractivity contribution >= 4 is 22.8 Å². The van der Waals surface area contributed by atoms with E-state index in [-0.39, 0.29) is 28.6 Å². The number of furan rings is 1. The molecule has 0 aliphatic carbocycles. The number of ketones is 1. The van der Waals surface area contributed by atoms with Crippen molar-refractivity contribution < 1.29 is 24.5 Å². The van der Waals surface area contributed by atoms with Crippen LogP contribution < -0.4 is 0 Å². The molecule has 4 aromatic rings. The average Bonchev–Trinajstić information content (AvgIpc) is 3.10. The lowest BCUT2D eigenvalue weighted by Crippen LogP contribution is -1.94. The number of allylic oxidation sites excluding steroid dienone is 1. The van der Waals surface area contributed by atoms with Crippen molar-refractivity contribution in [2.45, 2.75) is 0 Å². The van der Waals surface area contributed by atoms with Crippen LogP contribution in [-0.2, 0) is 0 Å². The molecule has 0 radical (unpaired) electrons. The van der Waals surface area contributed by atoms with Gasteiger partial charge < -0.3 is 19.7 Å². The molecule has 0 aliphatic rings. The normalized spacial score (nSPS) is 11.3. The van der Waals surface area contributed by atoms with E-state index in [1.54, 1.807) is 30.3 Å². The molecule has 0 unspecified atom stereocenters. The summed E-state index contributed by atoms with van der Waals surface area (Å²) >= 11 is 0. The topological polar surface area (TPSA) is 90.9 Å². The summed E-state index contributed by atoms with van der Waals surface area (Å²) in [4.78, 5) is 12.3. The quantitative estimate of drug-likeness (QED) is 0.342. The van der Waals surface area contributed by atoms with E-state index in [0.29, 0.717) is 11.3 Å². The Morgan fingerprint density at radius 2 is 1.57 bits per heavy atom. The molecule has 1 heterocycles. The first-order valence-corrected chi connectivity index (χ1v) is 8.57. The van der Waals surface area contributed by atoms with E-state index in [1.165, 1.54) is 18.2 Å². The van der Waals surface area contributed by atoms with E-state index < -0.39 is 0 Å². The third-order valence-electron chi connectivity index (χ3n) is 4.37. The fourth-order valence-electron chi connectivity index (χ4n) is 2.92. The fourth-order valence-corrected chi connectivity index (χ4v) is 2.92. The zero-order chi connectivity index (χ0) is 19.7. The SMILES string of the molecule is O=C(/C=C/c1ccc2oc(-c3ccc(O)cc3)cc2c1)c1ccc(O)cc1O. The molecule has 3 N–H and O–H groups in total. The predicted octanol–water partition coefficient (Wildman–Crippen LogP) is 5.11. The number of carbonyl (C=O) groups excluding carboxylic acids is 1. The van der Waals surface area contributed by atoms with Gasteiger partial charge in [0, 0.05) is 17.0 Å². The van der Waals surface area contributed by atoms with Crippen molar-refractivity contribution in [2.75, 3.05) is 0 Å². The van der Waals surface area contributed by atoms with E-state index in [9.17, 15) is 20.1 Å². The van der Waals surface area contributed by atoms with Crippen LogP contribution in [0.5, 0.6) is 17.2 Å². The summed E-state index contributed by atoms with van der Waals surface area (Å²) < 4.78 is 5.84. The Hall–Kier alpha value is -3.99. The maximum absolute atomic E-state index is 12.3. The monoisotopic (exact) mass is 372 g/mol. The first-order chi connectivity index (χ1) is 13.5. The standard InChI is InChI=1S/C23H16O5/c24-17-5-3-15(4-6-17)23-12-16-11-14(2-10-22(16)28-23)1-9-20(26)19-8-7-18(25)13-21(19)27/h1-13,24-25,27H/b9-1+. The Bertz CT molecular complexity index is 1200. The van der Waals surface area contributed by atoms with Crippen molar-refractivity contribution in [1.29, 1.82) is 0 Å². The molecule has 0 fully saturated rings. The van der Waals surface area contributed by atoms with E-state index in [4.69, 9.17) is 4.42 Å². The molecule has 5 nitrogen and oxygen atoms in total. The molecule has 0 aliphatic heterocycles. The zero-order valence-electron chi connectivity index (χ0n) is 14.7. The van der Waals surface area contributed by atoms with Crippen LogP contribution in [0.3, 0.4) is 0 Å². The van der Waals surface area contributed by atoms with Gasteiger partial charge in [-0.15, -0.1) is 0 Å². The van der Waals surface area contributed by atoms with Gasteiger partial charge in [0.2, 0.25) is 0 Å². The van der Waals surface area contributed by atoms with E-state index in [2.05, 4.69) is 0 Å². The number of fused-ring (bicyclic) bond motifs is 1. The molecule has 0 saturated heterocycles. The van der Waals surface area contributed by atoms with Crippen LogP contribution in [0.15, 0.2) is 77.2 Å². The third kappa shape index (κ3) is 3.46. The Labute approximate surface area is 160 Å². The molecule has 0 bridgehead atoms. The minimum atomic E-state index is -0.366. The molecular formula is C23H16O5. The van der Waals surface area contributed by atoms with Gasteiger partial charge in [0.1, 0.15) is 28.6 Å². The predicted molar refractivity (Wildman–Crippen MR) is 106 cm³/mol. The lowest BCUT2D eigenvalue weighted by Gasteiger charge is -2.01. The van der Waals surface area contributed by atoms with E-state index in [1.807, 2.05) is 24.3 Å². The highest BCUT2D eigenvalue weighted by atomic mass is 16.3. The van der Waals surface area contributed by atoms with Crippen molar-refractivity contribution in [2.24, 2.45) is 0 Å². The molecule has 0 atom stereocenters. The van der Waals surface area contributed by atoms with Gasteiger partial charge in [0.15, 0.2) is 5.78 Å². The molecule has 0 amide bonds. The first kappa shape index (κ1) is 17.4. The van der Waals surface area contributed by atoms with Gasteiger partial charge in [-0.2, -0.15) is 0 Å². The van der Waals surface area contributed by atoms with Crippen LogP contribution in [0.25, 0.3) is 28.4 Å². The summed E-state index contributed by atoms with van der Waals surface area (Å²) in [5, 5.41) is 29.4. The number of hydrogen-bond donors (Lipinski definition) is 3. The number of phenolic OH excluding ortho intramolecular Hbond substituents is 3. The van der Waals surface area contributed by atoms with Gasteiger partial charge >= 0.3 is 0 Å². The second-order valence-corrected chi connectivity index (χ2v) is 6.35. The van der Waals surface area contributed by atoms with Gasteiger partial charge in [0.25, 0.3) is 0 Å². The zero-order valence-corrected chi connectivity index (χ0v) is 14.7. The molecule has 0 spiro atoms. The molecule has 3 aromatic carbocycles. The number of benzene rings is 3. The van der Waals surface area contributed by atoms with Crippen molar-refractivity contribution in [3.05, 3.63) is 83.9 Å². The summed E-state index contributed by atoms with van der Waals surface area (Å²) in [7, 11) is 0. The highest BCUT2D eigenvalue weighted by Crippen LogP contribution is 2.30. The van der Waals surface area contributed by atoms with Crippen LogP contribution in [0.4, 0.5) is 0 Å². The third-order valence-corrected chi connectivity index (χ3v) is 4.37. The van der Waals surface area contributed by atoms with Crippen LogP contribution >= 0.6 is 0 Å². The molecule has 1 aromatic heterocycles. The van der Waals surface area contributed by atoms with Gasteiger partial charge in [-0.25, -0.2) is 0 Å². The summed E-state index contributed by atoms with van der Waals surface area (Å²) in [6.45, 7) is 0. The van der Waals surface area contributed by atoms with E-state index >= 15 is 0 Å². The minimum absolute atomic E-state index is 0.104. The second-order valence-electron chi connectivity index (χ2n) is 6.35. The van der Waals surface area contributed by atoms with Gasteiger partial charge in [0.05, 0.1) is 5.56 Å². The molecule has 0 saturated carbocycles. The Morgan fingerprint density at radius 1 is 0.821 bits per heavy atom. The number of hydrogen-bond acceptors (Lipinski definition) is 5. The van der Waals surface area contributed by atoms with Crippen LogP contribution in [0, 0.1) is 0 Å². The fraction of sp³-hybridized carbons (Fsp3) is 0. The molecular weight excluding hydrogens is 356 g/mol. The summed E-state index contributed by atoms with van der Waals surface area (Å²) in [5.74, 6) is 0.138. The smallest absolute Gasteiger partial charge is 0.189 e. The van der Waals surface area contributed by atoms with Gasteiger partial charge in [-0.1, -0.05) is 12.1 Å². The Kier molecular flexibility index (Phi) is 4.33. The first-order valence-electron chi connectivity index (χ1n) is 8.57. The largest absolute Gasteiger partial charge is 0.508 e. The lowest BCUT2D eigenvalue weighted by atomic mass is 10.1. The van der Waals surface area contributed by atoms with Crippen molar-refractivity contribution in [3.8, 4) is 28.6 Å². The van der Waals surface area contributed by atoms with E-state index in [0.717, 1.165) is 22.6 Å².